The number of ether oxygens (including phenoxy) is 1. The van der Waals surface area contributed by atoms with Crippen LogP contribution in [-0.2, 0) is 9.53 Å². The topological polar surface area (TPSA) is 29.5 Å². The molecule has 0 N–H and O–H groups in total. The number of hydrogen-bond donors (Lipinski definition) is 0. The van der Waals surface area contributed by atoms with Gasteiger partial charge in [0.1, 0.15) is 6.23 Å². The van der Waals surface area contributed by atoms with E-state index in [-0.39, 0.29) is 12.1 Å². The molecule has 0 aliphatic carbocycles. The molecular formula is C10H15NO2. The maximum absolute atomic E-state index is 11.4. The fraction of sp³-hybridized carbons (Fsp3) is 0.700. The Bertz CT molecular complexity index is 219. The van der Waals surface area contributed by atoms with Crippen LogP contribution in [0.25, 0.3) is 0 Å². The van der Waals surface area contributed by atoms with Crippen LogP contribution in [-0.4, -0.2) is 30.7 Å². The Morgan fingerprint density at radius 2 is 2.54 bits per heavy atom. The first-order chi connectivity index (χ1) is 6.29. The molecule has 1 aliphatic heterocycles. The molecule has 0 aromatic carbocycles. The van der Waals surface area contributed by atoms with Crippen molar-refractivity contribution in [1.82, 2.24) is 4.90 Å². The van der Waals surface area contributed by atoms with E-state index in [0.29, 0.717) is 19.4 Å². The third-order valence-electron chi connectivity index (χ3n) is 2.28. The SMILES string of the molecule is C#CCCN1C(=O)CCCC1OC. The highest BCUT2D eigenvalue weighted by atomic mass is 16.5. The summed E-state index contributed by atoms with van der Waals surface area (Å²) in [5.41, 5.74) is 0. The van der Waals surface area contributed by atoms with E-state index in [2.05, 4.69) is 5.92 Å². The third-order valence-corrected chi connectivity index (χ3v) is 2.28. The van der Waals surface area contributed by atoms with Crippen molar-refractivity contribution >= 4 is 5.91 Å². The van der Waals surface area contributed by atoms with E-state index in [1.807, 2.05) is 0 Å². The molecule has 0 aromatic rings. The molecule has 1 aliphatic rings. The second-order valence-electron chi connectivity index (χ2n) is 3.12. The number of nitrogens with zero attached hydrogens (tertiary/aromatic N) is 1. The highest BCUT2D eigenvalue weighted by Crippen LogP contribution is 2.18. The van der Waals surface area contributed by atoms with E-state index < -0.39 is 0 Å². The van der Waals surface area contributed by atoms with Gasteiger partial charge in [0.25, 0.3) is 0 Å². The van der Waals surface area contributed by atoms with Crippen LogP contribution in [0.15, 0.2) is 0 Å². The van der Waals surface area contributed by atoms with Crippen LogP contribution in [0.3, 0.4) is 0 Å². The number of piperidine rings is 1. The molecule has 3 heteroatoms. The van der Waals surface area contributed by atoms with Crippen molar-refractivity contribution in [2.45, 2.75) is 31.9 Å². The largest absolute Gasteiger partial charge is 0.362 e. The second kappa shape index (κ2) is 4.88. The van der Waals surface area contributed by atoms with E-state index in [1.165, 1.54) is 0 Å². The van der Waals surface area contributed by atoms with Crippen molar-refractivity contribution in [3.05, 3.63) is 0 Å². The van der Waals surface area contributed by atoms with Gasteiger partial charge in [0.05, 0.1) is 0 Å². The van der Waals surface area contributed by atoms with Crippen LogP contribution in [0.2, 0.25) is 0 Å². The van der Waals surface area contributed by atoms with Crippen molar-refractivity contribution < 1.29 is 9.53 Å². The zero-order valence-electron chi connectivity index (χ0n) is 7.95. The van der Waals surface area contributed by atoms with Crippen LogP contribution in [0.1, 0.15) is 25.7 Å². The molecule has 1 heterocycles. The van der Waals surface area contributed by atoms with Crippen molar-refractivity contribution in [1.29, 1.82) is 0 Å². The van der Waals surface area contributed by atoms with Gasteiger partial charge >= 0.3 is 0 Å². The van der Waals surface area contributed by atoms with Gasteiger partial charge in [-0.2, -0.15) is 0 Å². The second-order valence-corrected chi connectivity index (χ2v) is 3.12. The minimum atomic E-state index is -0.0606. The predicted octanol–water partition coefficient (Wildman–Crippen LogP) is 0.995. The van der Waals surface area contributed by atoms with E-state index in [1.54, 1.807) is 12.0 Å². The van der Waals surface area contributed by atoms with Gasteiger partial charge in [-0.1, -0.05) is 0 Å². The zero-order valence-corrected chi connectivity index (χ0v) is 7.95. The fourth-order valence-electron chi connectivity index (χ4n) is 1.59. The number of rotatable bonds is 3. The number of amides is 1. The van der Waals surface area contributed by atoms with Crippen molar-refractivity contribution in [2.24, 2.45) is 0 Å². The molecule has 1 unspecified atom stereocenters. The third kappa shape index (κ3) is 2.46. The van der Waals surface area contributed by atoms with Crippen LogP contribution in [0, 0.1) is 12.3 Å². The molecule has 13 heavy (non-hydrogen) atoms. The molecule has 1 rings (SSSR count). The van der Waals surface area contributed by atoms with Gasteiger partial charge < -0.3 is 9.64 Å². The fourth-order valence-corrected chi connectivity index (χ4v) is 1.59. The summed E-state index contributed by atoms with van der Waals surface area (Å²) in [6, 6.07) is 0. The molecule has 0 aromatic heterocycles. The van der Waals surface area contributed by atoms with Crippen molar-refractivity contribution in [2.75, 3.05) is 13.7 Å². The van der Waals surface area contributed by atoms with Crippen LogP contribution < -0.4 is 0 Å². The van der Waals surface area contributed by atoms with Gasteiger partial charge in [0.15, 0.2) is 0 Å². The molecule has 1 amide bonds. The van der Waals surface area contributed by atoms with Gasteiger partial charge in [-0.25, -0.2) is 0 Å². The number of likely N-dealkylation sites (tertiary alicyclic amines) is 1. The van der Waals surface area contributed by atoms with Crippen molar-refractivity contribution in [3.8, 4) is 12.3 Å². The average molecular weight is 181 g/mol. The Hall–Kier alpha value is -1.01. The molecule has 0 spiro atoms. The van der Waals surface area contributed by atoms with Gasteiger partial charge in [-0.15, -0.1) is 12.3 Å². The van der Waals surface area contributed by atoms with Gasteiger partial charge in [0, 0.05) is 26.5 Å². The van der Waals surface area contributed by atoms with Crippen molar-refractivity contribution in [3.63, 3.8) is 0 Å². The van der Waals surface area contributed by atoms with Gasteiger partial charge in [-0.05, 0) is 12.8 Å². The zero-order chi connectivity index (χ0) is 9.68. The van der Waals surface area contributed by atoms with Crippen LogP contribution in [0.5, 0.6) is 0 Å². The molecule has 0 saturated carbocycles. The predicted molar refractivity (Wildman–Crippen MR) is 49.8 cm³/mol. The number of terminal acetylenes is 1. The highest BCUT2D eigenvalue weighted by Gasteiger charge is 2.26. The van der Waals surface area contributed by atoms with Gasteiger partial charge in [0.2, 0.25) is 5.91 Å². The molecule has 72 valence electrons. The summed E-state index contributed by atoms with van der Waals surface area (Å²) in [6.07, 6.45) is 8.16. The van der Waals surface area contributed by atoms with E-state index >= 15 is 0 Å². The highest BCUT2D eigenvalue weighted by molar-refractivity contribution is 5.77. The summed E-state index contributed by atoms with van der Waals surface area (Å²) in [6.45, 7) is 0.619. The molecular weight excluding hydrogens is 166 g/mol. The quantitative estimate of drug-likeness (QED) is 0.608. The van der Waals surface area contributed by atoms with E-state index in [4.69, 9.17) is 11.2 Å². The Morgan fingerprint density at radius 1 is 1.77 bits per heavy atom. The standard InChI is InChI=1S/C10H15NO2/c1-3-4-8-11-9(12)6-5-7-10(11)13-2/h1,10H,4-8H2,2H3. The van der Waals surface area contributed by atoms with E-state index in [9.17, 15) is 4.79 Å². The summed E-state index contributed by atoms with van der Waals surface area (Å²) >= 11 is 0. The Labute approximate surface area is 79.1 Å². The van der Waals surface area contributed by atoms with Crippen LogP contribution in [0.4, 0.5) is 0 Å². The molecule has 0 radical (unpaired) electrons. The number of carbonyl (C=O) groups is 1. The minimum absolute atomic E-state index is 0.0606. The van der Waals surface area contributed by atoms with E-state index in [0.717, 1.165) is 12.8 Å². The summed E-state index contributed by atoms with van der Waals surface area (Å²) in [5, 5.41) is 0. The Morgan fingerprint density at radius 3 is 3.15 bits per heavy atom. The molecule has 1 atom stereocenters. The summed E-state index contributed by atoms with van der Waals surface area (Å²) in [5.74, 6) is 2.69. The number of methoxy groups -OCH3 is 1. The summed E-state index contributed by atoms with van der Waals surface area (Å²) in [7, 11) is 1.63. The monoisotopic (exact) mass is 181 g/mol. The first kappa shape index (κ1) is 10.1. The van der Waals surface area contributed by atoms with Crippen LogP contribution >= 0.6 is 0 Å². The molecule has 3 nitrogen and oxygen atoms in total. The summed E-state index contributed by atoms with van der Waals surface area (Å²) in [4.78, 5) is 13.2. The lowest BCUT2D eigenvalue weighted by molar-refractivity contribution is -0.149. The lowest BCUT2D eigenvalue weighted by atomic mass is 10.1. The number of hydrogen-bond acceptors (Lipinski definition) is 2. The number of carbonyl (C=O) groups excluding carboxylic acids is 1. The first-order valence-electron chi connectivity index (χ1n) is 4.55. The average Bonchev–Trinajstić information content (AvgIpc) is 2.15. The maximum Gasteiger partial charge on any atom is 0.224 e. The maximum atomic E-state index is 11.4. The smallest absolute Gasteiger partial charge is 0.224 e. The molecule has 1 saturated heterocycles. The Balaban J connectivity index is 2.52. The minimum Gasteiger partial charge on any atom is -0.362 e. The molecule has 0 bridgehead atoms. The Kier molecular flexibility index (Phi) is 3.78. The summed E-state index contributed by atoms with van der Waals surface area (Å²) < 4.78 is 5.21. The lowest BCUT2D eigenvalue weighted by Gasteiger charge is -2.33. The lowest BCUT2D eigenvalue weighted by Crippen LogP contribution is -2.44. The van der Waals surface area contributed by atoms with Gasteiger partial charge in [-0.3, -0.25) is 4.79 Å². The molecule has 1 fully saturated rings. The first-order valence-corrected chi connectivity index (χ1v) is 4.55. The normalized spacial score (nSPS) is 22.9.